The third-order valence-corrected chi connectivity index (χ3v) is 6.86. The molecule has 36 heavy (non-hydrogen) atoms. The van der Waals surface area contributed by atoms with E-state index in [0.29, 0.717) is 10.6 Å². The minimum absolute atomic E-state index is 0.0582. The number of nitrogens with one attached hydrogen (secondary N) is 1. The van der Waals surface area contributed by atoms with Crippen molar-refractivity contribution in [2.24, 2.45) is 0 Å². The van der Waals surface area contributed by atoms with E-state index in [4.69, 9.17) is 11.6 Å². The Bertz CT molecular complexity index is 1510. The standard InChI is InChI=1S/C28H23ClN2O4S/c1-36(34,35)31(19-20-10-4-2-5-11-20)26-15-9-8-14-23(26)28(33)30-25-17-16-22(29)18-24(25)27(32)21-12-6-3-7-13-21/h2-18H,19H2,1H3,(H,30,33). The van der Waals surface area contributed by atoms with E-state index in [-0.39, 0.29) is 34.8 Å². The maximum Gasteiger partial charge on any atom is 0.257 e. The van der Waals surface area contributed by atoms with Crippen molar-refractivity contribution in [2.45, 2.75) is 6.54 Å². The van der Waals surface area contributed by atoms with Gasteiger partial charge in [-0.3, -0.25) is 13.9 Å². The number of hydrogen-bond acceptors (Lipinski definition) is 4. The molecule has 0 aromatic heterocycles. The number of halogens is 1. The quantitative estimate of drug-likeness (QED) is 0.299. The summed E-state index contributed by atoms with van der Waals surface area (Å²) in [5.74, 6) is -0.861. The molecule has 0 aliphatic rings. The molecular formula is C28H23ClN2O4S. The van der Waals surface area contributed by atoms with Crippen molar-refractivity contribution in [3.05, 3.63) is 130 Å². The molecule has 0 bridgehead atoms. The van der Waals surface area contributed by atoms with Crippen LogP contribution in [0.4, 0.5) is 11.4 Å². The summed E-state index contributed by atoms with van der Waals surface area (Å²) in [5, 5.41) is 3.12. The fourth-order valence-corrected chi connectivity index (χ4v) is 4.83. The summed E-state index contributed by atoms with van der Waals surface area (Å²) in [5.41, 5.74) is 2.08. The molecule has 1 N–H and O–H groups in total. The first-order chi connectivity index (χ1) is 17.2. The van der Waals surface area contributed by atoms with Crippen LogP contribution in [0.3, 0.4) is 0 Å². The average molecular weight is 519 g/mol. The molecule has 0 spiro atoms. The van der Waals surface area contributed by atoms with Gasteiger partial charge in [-0.1, -0.05) is 84.4 Å². The molecule has 0 radical (unpaired) electrons. The van der Waals surface area contributed by atoms with Gasteiger partial charge in [0.05, 0.1) is 29.7 Å². The lowest BCUT2D eigenvalue weighted by Crippen LogP contribution is -2.31. The van der Waals surface area contributed by atoms with Crippen LogP contribution in [0.1, 0.15) is 31.8 Å². The van der Waals surface area contributed by atoms with Crippen molar-refractivity contribution >= 4 is 44.7 Å². The molecule has 4 rings (SSSR count). The smallest absolute Gasteiger partial charge is 0.257 e. The number of para-hydroxylation sites is 1. The Kier molecular flexibility index (Phi) is 7.52. The minimum Gasteiger partial charge on any atom is -0.321 e. The number of nitrogens with zero attached hydrogens (tertiary/aromatic N) is 1. The van der Waals surface area contributed by atoms with E-state index in [1.54, 1.807) is 66.7 Å². The summed E-state index contributed by atoms with van der Waals surface area (Å²) >= 11 is 6.16. The van der Waals surface area contributed by atoms with Crippen molar-refractivity contribution in [1.82, 2.24) is 0 Å². The monoisotopic (exact) mass is 518 g/mol. The molecule has 182 valence electrons. The lowest BCUT2D eigenvalue weighted by Gasteiger charge is -2.25. The molecule has 0 unspecified atom stereocenters. The molecule has 0 fully saturated rings. The van der Waals surface area contributed by atoms with Gasteiger partial charge < -0.3 is 5.32 Å². The molecule has 0 atom stereocenters. The van der Waals surface area contributed by atoms with Crippen molar-refractivity contribution in [3.8, 4) is 0 Å². The summed E-state index contributed by atoms with van der Waals surface area (Å²) in [4.78, 5) is 26.6. The number of ketones is 1. The number of rotatable bonds is 8. The highest BCUT2D eigenvalue weighted by Crippen LogP contribution is 2.28. The second-order valence-corrected chi connectivity index (χ2v) is 10.5. The highest BCUT2D eigenvalue weighted by Gasteiger charge is 2.24. The number of benzene rings is 4. The molecule has 4 aromatic carbocycles. The minimum atomic E-state index is -3.73. The Morgan fingerprint density at radius 1 is 0.806 bits per heavy atom. The maximum absolute atomic E-state index is 13.4. The highest BCUT2D eigenvalue weighted by molar-refractivity contribution is 7.92. The van der Waals surface area contributed by atoms with E-state index in [0.717, 1.165) is 11.8 Å². The van der Waals surface area contributed by atoms with Crippen LogP contribution in [0.25, 0.3) is 0 Å². The van der Waals surface area contributed by atoms with Crippen LogP contribution in [-0.2, 0) is 16.6 Å². The summed E-state index contributed by atoms with van der Waals surface area (Å²) in [7, 11) is -3.73. The second-order valence-electron chi connectivity index (χ2n) is 8.11. The van der Waals surface area contributed by atoms with Gasteiger partial charge in [0, 0.05) is 16.1 Å². The van der Waals surface area contributed by atoms with Gasteiger partial charge in [0.15, 0.2) is 5.78 Å². The molecule has 0 aliphatic carbocycles. The van der Waals surface area contributed by atoms with Crippen molar-refractivity contribution in [3.63, 3.8) is 0 Å². The lowest BCUT2D eigenvalue weighted by atomic mass is 10.0. The van der Waals surface area contributed by atoms with Crippen LogP contribution in [0, 0.1) is 0 Å². The third-order valence-electron chi connectivity index (χ3n) is 5.50. The van der Waals surface area contributed by atoms with Crippen LogP contribution >= 0.6 is 11.6 Å². The van der Waals surface area contributed by atoms with Gasteiger partial charge in [-0.15, -0.1) is 0 Å². The Labute approximate surface area is 215 Å². The van der Waals surface area contributed by atoms with Gasteiger partial charge in [-0.05, 0) is 35.9 Å². The third kappa shape index (κ3) is 5.82. The van der Waals surface area contributed by atoms with E-state index < -0.39 is 15.9 Å². The molecule has 4 aromatic rings. The van der Waals surface area contributed by atoms with Crippen LogP contribution in [0.2, 0.25) is 5.02 Å². The second kappa shape index (κ2) is 10.8. The average Bonchev–Trinajstić information content (AvgIpc) is 2.88. The van der Waals surface area contributed by atoms with Crippen LogP contribution < -0.4 is 9.62 Å². The number of sulfonamides is 1. The Hall–Kier alpha value is -3.94. The summed E-state index contributed by atoms with van der Waals surface area (Å²) in [6.07, 6.45) is 1.10. The fourth-order valence-electron chi connectivity index (χ4n) is 3.76. The molecule has 0 saturated carbocycles. The largest absolute Gasteiger partial charge is 0.321 e. The van der Waals surface area contributed by atoms with E-state index >= 15 is 0 Å². The molecule has 0 saturated heterocycles. The van der Waals surface area contributed by atoms with Crippen LogP contribution in [-0.4, -0.2) is 26.4 Å². The van der Waals surface area contributed by atoms with Gasteiger partial charge in [-0.2, -0.15) is 0 Å². The number of anilines is 2. The van der Waals surface area contributed by atoms with Gasteiger partial charge >= 0.3 is 0 Å². The number of amides is 1. The predicted octanol–water partition coefficient (Wildman–Crippen LogP) is 5.79. The van der Waals surface area contributed by atoms with E-state index in [9.17, 15) is 18.0 Å². The zero-order valence-corrected chi connectivity index (χ0v) is 21.0. The van der Waals surface area contributed by atoms with Gasteiger partial charge in [0.25, 0.3) is 5.91 Å². The van der Waals surface area contributed by atoms with E-state index in [2.05, 4.69) is 5.32 Å². The molecule has 8 heteroatoms. The summed E-state index contributed by atoms with van der Waals surface area (Å²) in [6, 6.07) is 28.8. The molecule has 1 amide bonds. The Balaban J connectivity index is 1.70. The summed E-state index contributed by atoms with van der Waals surface area (Å²) < 4.78 is 26.7. The molecule has 0 aliphatic heterocycles. The van der Waals surface area contributed by atoms with Crippen molar-refractivity contribution < 1.29 is 18.0 Å². The molecule has 6 nitrogen and oxygen atoms in total. The van der Waals surface area contributed by atoms with E-state index in [1.165, 1.54) is 10.4 Å². The normalized spacial score (nSPS) is 11.1. The van der Waals surface area contributed by atoms with Crippen LogP contribution in [0.5, 0.6) is 0 Å². The van der Waals surface area contributed by atoms with Crippen molar-refractivity contribution in [1.29, 1.82) is 0 Å². The molecule has 0 heterocycles. The zero-order chi connectivity index (χ0) is 25.7. The first-order valence-electron chi connectivity index (χ1n) is 11.1. The number of carbonyl (C=O) groups is 2. The topological polar surface area (TPSA) is 83.6 Å². The fraction of sp³-hybridized carbons (Fsp3) is 0.0714. The Morgan fingerprint density at radius 2 is 1.42 bits per heavy atom. The molecular weight excluding hydrogens is 496 g/mol. The van der Waals surface area contributed by atoms with Crippen molar-refractivity contribution in [2.75, 3.05) is 15.9 Å². The zero-order valence-electron chi connectivity index (χ0n) is 19.4. The van der Waals surface area contributed by atoms with Gasteiger partial charge in [0.1, 0.15) is 0 Å². The van der Waals surface area contributed by atoms with E-state index in [1.807, 2.05) is 30.3 Å². The lowest BCUT2D eigenvalue weighted by molar-refractivity contribution is 0.102. The van der Waals surface area contributed by atoms with Gasteiger partial charge in [-0.25, -0.2) is 8.42 Å². The number of hydrogen-bond donors (Lipinski definition) is 1. The predicted molar refractivity (Wildman–Crippen MR) is 143 cm³/mol. The Morgan fingerprint density at radius 3 is 2.08 bits per heavy atom. The number of carbonyl (C=O) groups excluding carboxylic acids is 2. The summed E-state index contributed by atoms with van der Waals surface area (Å²) in [6.45, 7) is 0.0582. The highest BCUT2D eigenvalue weighted by atomic mass is 35.5. The SMILES string of the molecule is CS(=O)(=O)N(Cc1ccccc1)c1ccccc1C(=O)Nc1ccc(Cl)cc1C(=O)c1ccccc1. The van der Waals surface area contributed by atoms with Gasteiger partial charge in [0.2, 0.25) is 10.0 Å². The van der Waals surface area contributed by atoms with Crippen LogP contribution in [0.15, 0.2) is 103 Å². The first-order valence-corrected chi connectivity index (χ1v) is 13.3. The maximum atomic E-state index is 13.4. The first kappa shape index (κ1) is 25.2.